The Morgan fingerprint density at radius 3 is 2.83 bits per heavy atom. The zero-order valence-corrected chi connectivity index (χ0v) is 10.2. The molecule has 2 aromatic heterocycles. The van der Waals surface area contributed by atoms with Gasteiger partial charge in [-0.25, -0.2) is 0 Å². The number of para-hydroxylation sites is 1. The summed E-state index contributed by atoms with van der Waals surface area (Å²) in [5, 5.41) is 18.5. The van der Waals surface area contributed by atoms with E-state index in [4.69, 9.17) is 11.6 Å². The van der Waals surface area contributed by atoms with E-state index in [9.17, 15) is 5.11 Å². The molecule has 0 aliphatic carbocycles. The van der Waals surface area contributed by atoms with Crippen LogP contribution < -0.4 is 0 Å². The summed E-state index contributed by atoms with van der Waals surface area (Å²) < 4.78 is 1.86. The van der Waals surface area contributed by atoms with Crippen molar-refractivity contribution < 1.29 is 5.11 Å². The summed E-state index contributed by atoms with van der Waals surface area (Å²) in [6.45, 7) is 0. The summed E-state index contributed by atoms with van der Waals surface area (Å²) in [5.74, 6) is 1.03. The first-order valence-corrected chi connectivity index (χ1v) is 5.88. The lowest BCUT2D eigenvalue weighted by molar-refractivity contribution is 0.469. The predicted molar refractivity (Wildman–Crippen MR) is 68.9 cm³/mol. The minimum Gasteiger partial charge on any atom is -0.508 e. The Bertz CT molecular complexity index is 708. The minimum absolute atomic E-state index is 0.267. The van der Waals surface area contributed by atoms with Gasteiger partial charge >= 0.3 is 0 Å². The van der Waals surface area contributed by atoms with E-state index in [0.29, 0.717) is 17.1 Å². The summed E-state index contributed by atoms with van der Waals surface area (Å²) in [5.41, 5.74) is 1.52. The number of halogens is 1. The number of phenols is 1. The maximum atomic E-state index is 9.75. The summed E-state index contributed by atoms with van der Waals surface area (Å²) in [6, 6.07) is 10.7. The van der Waals surface area contributed by atoms with Crippen LogP contribution in [0.4, 0.5) is 0 Å². The lowest BCUT2D eigenvalue weighted by Gasteiger charge is -2.03. The van der Waals surface area contributed by atoms with Gasteiger partial charge in [0.05, 0.1) is 0 Å². The van der Waals surface area contributed by atoms with Crippen LogP contribution in [-0.2, 0) is 6.42 Å². The Balaban J connectivity index is 2.03. The molecule has 0 saturated heterocycles. The first-order valence-electron chi connectivity index (χ1n) is 5.50. The SMILES string of the molecule is Oc1ccccc1Cc1nnc2cc(Cl)ccn12. The quantitative estimate of drug-likeness (QED) is 0.770. The second kappa shape index (κ2) is 4.31. The standard InChI is InChI=1S/C13H10ClN3O/c14-10-5-6-17-12(15-16-13(17)8-10)7-9-3-1-2-4-11(9)18/h1-6,8,18H,7H2. The summed E-state index contributed by atoms with van der Waals surface area (Å²) in [4.78, 5) is 0. The fourth-order valence-electron chi connectivity index (χ4n) is 1.87. The molecule has 2 heterocycles. The molecular weight excluding hydrogens is 250 g/mol. The Hall–Kier alpha value is -2.07. The summed E-state index contributed by atoms with van der Waals surface area (Å²) in [7, 11) is 0. The number of pyridine rings is 1. The van der Waals surface area contributed by atoms with Crippen molar-refractivity contribution in [1.82, 2.24) is 14.6 Å². The number of aromatic nitrogens is 3. The van der Waals surface area contributed by atoms with E-state index in [1.165, 1.54) is 0 Å². The van der Waals surface area contributed by atoms with Gasteiger partial charge in [0.15, 0.2) is 5.65 Å². The van der Waals surface area contributed by atoms with Gasteiger partial charge < -0.3 is 5.11 Å². The van der Waals surface area contributed by atoms with Gasteiger partial charge in [0.2, 0.25) is 0 Å². The van der Waals surface area contributed by atoms with Crippen molar-refractivity contribution in [2.24, 2.45) is 0 Å². The van der Waals surface area contributed by atoms with E-state index in [2.05, 4.69) is 10.2 Å². The number of phenolic OH excluding ortho intramolecular Hbond substituents is 1. The van der Waals surface area contributed by atoms with Crippen molar-refractivity contribution in [3.63, 3.8) is 0 Å². The van der Waals surface area contributed by atoms with Gasteiger partial charge in [0.25, 0.3) is 0 Å². The third-order valence-corrected chi connectivity index (χ3v) is 3.02. The van der Waals surface area contributed by atoms with Crippen LogP contribution in [0.3, 0.4) is 0 Å². The van der Waals surface area contributed by atoms with Gasteiger partial charge in [-0.1, -0.05) is 29.8 Å². The van der Waals surface area contributed by atoms with Gasteiger partial charge in [0.1, 0.15) is 11.6 Å². The molecule has 5 heteroatoms. The van der Waals surface area contributed by atoms with Crippen molar-refractivity contribution >= 4 is 17.2 Å². The smallest absolute Gasteiger partial charge is 0.162 e. The molecular formula is C13H10ClN3O. The highest BCUT2D eigenvalue weighted by Crippen LogP contribution is 2.20. The van der Waals surface area contributed by atoms with Crippen LogP contribution in [0.2, 0.25) is 5.02 Å². The van der Waals surface area contributed by atoms with Crippen LogP contribution in [0.1, 0.15) is 11.4 Å². The Labute approximate surface area is 108 Å². The summed E-state index contributed by atoms with van der Waals surface area (Å²) in [6.07, 6.45) is 2.35. The van der Waals surface area contributed by atoms with Crippen molar-refractivity contribution in [3.05, 3.63) is 59.0 Å². The van der Waals surface area contributed by atoms with Gasteiger partial charge in [-0.3, -0.25) is 4.40 Å². The topological polar surface area (TPSA) is 50.4 Å². The number of hydrogen-bond donors (Lipinski definition) is 1. The van der Waals surface area contributed by atoms with Crippen LogP contribution in [0.5, 0.6) is 5.75 Å². The number of aromatic hydroxyl groups is 1. The molecule has 0 aliphatic rings. The van der Waals surface area contributed by atoms with E-state index in [1.807, 2.05) is 22.7 Å². The summed E-state index contributed by atoms with van der Waals surface area (Å²) >= 11 is 5.89. The number of fused-ring (bicyclic) bond motifs is 1. The maximum Gasteiger partial charge on any atom is 0.162 e. The molecule has 0 radical (unpaired) electrons. The second-order valence-electron chi connectivity index (χ2n) is 3.99. The maximum absolute atomic E-state index is 9.75. The molecule has 3 rings (SSSR count). The van der Waals surface area contributed by atoms with E-state index in [0.717, 1.165) is 11.4 Å². The number of rotatable bonds is 2. The highest BCUT2D eigenvalue weighted by atomic mass is 35.5. The molecule has 18 heavy (non-hydrogen) atoms. The largest absolute Gasteiger partial charge is 0.508 e. The van der Waals surface area contributed by atoms with Gasteiger partial charge in [0, 0.05) is 29.3 Å². The van der Waals surface area contributed by atoms with Crippen molar-refractivity contribution in [2.45, 2.75) is 6.42 Å². The van der Waals surface area contributed by atoms with E-state index in [-0.39, 0.29) is 5.75 Å². The Morgan fingerprint density at radius 2 is 2.00 bits per heavy atom. The molecule has 0 spiro atoms. The third-order valence-electron chi connectivity index (χ3n) is 2.78. The predicted octanol–water partition coefficient (Wildman–Crippen LogP) is 2.68. The molecule has 0 unspecified atom stereocenters. The average Bonchev–Trinajstić information content (AvgIpc) is 2.74. The molecule has 0 bridgehead atoms. The van der Waals surface area contributed by atoms with Crippen molar-refractivity contribution in [3.8, 4) is 5.75 Å². The van der Waals surface area contributed by atoms with Gasteiger partial charge in [-0.2, -0.15) is 0 Å². The van der Waals surface area contributed by atoms with E-state index in [1.54, 1.807) is 24.3 Å². The Kier molecular flexibility index (Phi) is 2.64. The van der Waals surface area contributed by atoms with Crippen molar-refractivity contribution in [2.75, 3.05) is 0 Å². The zero-order valence-electron chi connectivity index (χ0n) is 9.42. The first kappa shape index (κ1) is 11.0. The molecule has 0 aliphatic heterocycles. The van der Waals surface area contributed by atoms with Crippen LogP contribution in [0, 0.1) is 0 Å². The van der Waals surface area contributed by atoms with Gasteiger partial charge in [-0.15, -0.1) is 10.2 Å². The Morgan fingerprint density at radius 1 is 1.17 bits per heavy atom. The molecule has 1 aromatic carbocycles. The fourth-order valence-corrected chi connectivity index (χ4v) is 2.02. The molecule has 0 fully saturated rings. The molecule has 90 valence electrons. The molecule has 4 nitrogen and oxygen atoms in total. The highest BCUT2D eigenvalue weighted by Gasteiger charge is 2.08. The molecule has 0 saturated carbocycles. The van der Waals surface area contributed by atoms with Crippen molar-refractivity contribution in [1.29, 1.82) is 0 Å². The fraction of sp³-hybridized carbons (Fsp3) is 0.0769. The average molecular weight is 260 g/mol. The molecule has 1 N–H and O–H groups in total. The van der Waals surface area contributed by atoms with Crippen LogP contribution in [-0.4, -0.2) is 19.7 Å². The molecule has 0 atom stereocenters. The van der Waals surface area contributed by atoms with Crippen LogP contribution in [0.15, 0.2) is 42.6 Å². The third kappa shape index (κ3) is 1.91. The normalized spacial score (nSPS) is 10.9. The van der Waals surface area contributed by atoms with Gasteiger partial charge in [-0.05, 0) is 12.1 Å². The van der Waals surface area contributed by atoms with Crippen LogP contribution in [0.25, 0.3) is 5.65 Å². The second-order valence-corrected chi connectivity index (χ2v) is 4.43. The van der Waals surface area contributed by atoms with E-state index >= 15 is 0 Å². The lowest BCUT2D eigenvalue weighted by atomic mass is 10.1. The minimum atomic E-state index is 0.267. The number of nitrogens with zero attached hydrogens (tertiary/aromatic N) is 3. The molecule has 0 amide bonds. The zero-order chi connectivity index (χ0) is 12.5. The van der Waals surface area contributed by atoms with E-state index < -0.39 is 0 Å². The number of benzene rings is 1. The number of hydrogen-bond acceptors (Lipinski definition) is 3. The lowest BCUT2D eigenvalue weighted by Crippen LogP contribution is -1.96. The highest BCUT2D eigenvalue weighted by molar-refractivity contribution is 6.30. The molecule has 3 aromatic rings. The first-order chi connectivity index (χ1) is 8.74. The van der Waals surface area contributed by atoms with Crippen LogP contribution >= 0.6 is 11.6 Å². The monoisotopic (exact) mass is 259 g/mol.